The van der Waals surface area contributed by atoms with Gasteiger partial charge in [0.1, 0.15) is 5.60 Å². The SMILES string of the molecule is COC1(C(=O)Cc2ccc(I)cc2)CCC(C)(C)CC1. The lowest BCUT2D eigenvalue weighted by molar-refractivity contribution is -0.147. The largest absolute Gasteiger partial charge is 0.370 e. The van der Waals surface area contributed by atoms with Crippen LogP contribution in [0.3, 0.4) is 0 Å². The van der Waals surface area contributed by atoms with Crippen LogP contribution in [0.15, 0.2) is 24.3 Å². The lowest BCUT2D eigenvalue weighted by Gasteiger charge is -2.41. The standard InChI is InChI=1S/C17H23IO2/c1-16(2)8-10-17(20-3,11-9-16)15(19)12-13-4-6-14(18)7-5-13/h4-7H,8-12H2,1-3H3. The molecule has 110 valence electrons. The van der Waals surface area contributed by atoms with E-state index in [0.29, 0.717) is 11.8 Å². The van der Waals surface area contributed by atoms with E-state index in [9.17, 15) is 4.79 Å². The van der Waals surface area contributed by atoms with Gasteiger partial charge in [0.15, 0.2) is 5.78 Å². The van der Waals surface area contributed by atoms with Crippen molar-refractivity contribution >= 4 is 28.4 Å². The summed E-state index contributed by atoms with van der Waals surface area (Å²) in [6.07, 6.45) is 4.28. The molecule has 0 saturated heterocycles. The van der Waals surface area contributed by atoms with Gasteiger partial charge in [-0.15, -0.1) is 0 Å². The normalized spacial score (nSPS) is 20.6. The first kappa shape index (κ1) is 16.0. The van der Waals surface area contributed by atoms with Gasteiger partial charge in [0.05, 0.1) is 0 Å². The molecule has 0 aromatic heterocycles. The molecule has 0 radical (unpaired) electrons. The van der Waals surface area contributed by atoms with E-state index in [1.54, 1.807) is 7.11 Å². The number of ether oxygens (including phenoxy) is 1. The Morgan fingerprint density at radius 3 is 2.20 bits per heavy atom. The molecule has 1 saturated carbocycles. The van der Waals surface area contributed by atoms with Crippen LogP contribution in [0.1, 0.15) is 45.1 Å². The summed E-state index contributed by atoms with van der Waals surface area (Å²) in [7, 11) is 1.68. The zero-order valence-corrected chi connectivity index (χ0v) is 14.7. The number of halogens is 1. The van der Waals surface area contributed by atoms with Crippen molar-refractivity contribution in [1.82, 2.24) is 0 Å². The van der Waals surface area contributed by atoms with Crippen molar-refractivity contribution in [2.24, 2.45) is 5.41 Å². The Bertz CT molecular complexity index is 466. The Labute approximate surface area is 135 Å². The second kappa shape index (κ2) is 6.14. The number of ketones is 1. The zero-order chi connectivity index (χ0) is 14.8. The predicted molar refractivity (Wildman–Crippen MR) is 89.9 cm³/mol. The minimum Gasteiger partial charge on any atom is -0.370 e. The minimum absolute atomic E-state index is 0.233. The molecule has 0 heterocycles. The number of carbonyl (C=O) groups is 1. The molecule has 1 aliphatic carbocycles. The van der Waals surface area contributed by atoms with E-state index in [4.69, 9.17) is 4.74 Å². The molecule has 0 aliphatic heterocycles. The van der Waals surface area contributed by atoms with Gasteiger partial charge in [0.2, 0.25) is 0 Å². The highest BCUT2D eigenvalue weighted by atomic mass is 127. The highest BCUT2D eigenvalue weighted by molar-refractivity contribution is 14.1. The van der Waals surface area contributed by atoms with Crippen LogP contribution in [0.5, 0.6) is 0 Å². The van der Waals surface area contributed by atoms with Crippen LogP contribution in [0.4, 0.5) is 0 Å². The van der Waals surface area contributed by atoms with Crippen LogP contribution >= 0.6 is 22.6 Å². The summed E-state index contributed by atoms with van der Waals surface area (Å²) in [6, 6.07) is 8.17. The Morgan fingerprint density at radius 2 is 1.70 bits per heavy atom. The number of Topliss-reactive ketones (excluding diaryl/α,β-unsaturated/α-hetero) is 1. The molecular weight excluding hydrogens is 363 g/mol. The number of carbonyl (C=O) groups excluding carboxylic acids is 1. The van der Waals surface area contributed by atoms with Crippen molar-refractivity contribution in [3.8, 4) is 0 Å². The Hall–Kier alpha value is -0.420. The molecule has 0 amide bonds. The molecule has 0 spiro atoms. The summed E-state index contributed by atoms with van der Waals surface area (Å²) in [5.41, 5.74) is 0.862. The number of methoxy groups -OCH3 is 1. The molecule has 2 nitrogen and oxygen atoms in total. The molecule has 0 atom stereocenters. The summed E-state index contributed by atoms with van der Waals surface area (Å²) in [4.78, 5) is 12.7. The summed E-state index contributed by atoms with van der Waals surface area (Å²) in [5.74, 6) is 0.233. The van der Waals surface area contributed by atoms with Crippen LogP contribution in [0, 0.1) is 8.99 Å². The van der Waals surface area contributed by atoms with Crippen LogP contribution < -0.4 is 0 Å². The third-order valence-corrected chi connectivity index (χ3v) is 5.31. The number of benzene rings is 1. The lowest BCUT2D eigenvalue weighted by atomic mass is 9.69. The highest BCUT2D eigenvalue weighted by Crippen LogP contribution is 2.42. The monoisotopic (exact) mass is 386 g/mol. The van der Waals surface area contributed by atoms with Crippen molar-refractivity contribution in [3.63, 3.8) is 0 Å². The fourth-order valence-electron chi connectivity index (χ4n) is 2.88. The van der Waals surface area contributed by atoms with Crippen molar-refractivity contribution in [2.75, 3.05) is 7.11 Å². The average Bonchev–Trinajstić information content (AvgIpc) is 2.42. The molecule has 1 aliphatic rings. The van der Waals surface area contributed by atoms with E-state index in [0.717, 1.165) is 31.2 Å². The number of hydrogen-bond donors (Lipinski definition) is 0. The van der Waals surface area contributed by atoms with Gasteiger partial charge in [-0.2, -0.15) is 0 Å². The number of hydrogen-bond acceptors (Lipinski definition) is 2. The van der Waals surface area contributed by atoms with Crippen molar-refractivity contribution < 1.29 is 9.53 Å². The molecule has 1 aromatic carbocycles. The van der Waals surface area contributed by atoms with Gasteiger partial charge >= 0.3 is 0 Å². The van der Waals surface area contributed by atoms with E-state index in [-0.39, 0.29) is 5.78 Å². The third-order valence-electron chi connectivity index (χ3n) is 4.59. The second-order valence-corrected chi connectivity index (χ2v) is 7.83. The first-order chi connectivity index (χ1) is 9.37. The highest BCUT2D eigenvalue weighted by Gasteiger charge is 2.43. The molecule has 1 aromatic rings. The van der Waals surface area contributed by atoms with Gasteiger partial charge in [0, 0.05) is 17.1 Å². The van der Waals surface area contributed by atoms with Crippen molar-refractivity contribution in [2.45, 2.75) is 51.6 Å². The summed E-state index contributed by atoms with van der Waals surface area (Å²) in [6.45, 7) is 4.55. The molecule has 3 heteroatoms. The van der Waals surface area contributed by atoms with Gasteiger partial charge in [0.25, 0.3) is 0 Å². The second-order valence-electron chi connectivity index (χ2n) is 6.59. The zero-order valence-electron chi connectivity index (χ0n) is 12.5. The first-order valence-electron chi connectivity index (χ1n) is 7.20. The lowest BCUT2D eigenvalue weighted by Crippen LogP contribution is -2.46. The molecule has 0 N–H and O–H groups in total. The van der Waals surface area contributed by atoms with Gasteiger partial charge in [-0.1, -0.05) is 26.0 Å². The predicted octanol–water partition coefficient (Wildman–Crippen LogP) is 4.39. The quantitative estimate of drug-likeness (QED) is 0.718. The van der Waals surface area contributed by atoms with E-state index in [1.165, 1.54) is 3.57 Å². The molecule has 0 bridgehead atoms. The molecule has 1 fully saturated rings. The Kier molecular flexibility index (Phi) is 4.90. The third kappa shape index (κ3) is 3.61. The van der Waals surface area contributed by atoms with Crippen LogP contribution in [-0.4, -0.2) is 18.5 Å². The van der Waals surface area contributed by atoms with Crippen molar-refractivity contribution in [3.05, 3.63) is 33.4 Å². The minimum atomic E-state index is -0.557. The number of rotatable bonds is 4. The first-order valence-corrected chi connectivity index (χ1v) is 8.28. The molecule has 20 heavy (non-hydrogen) atoms. The van der Waals surface area contributed by atoms with Crippen LogP contribution in [-0.2, 0) is 16.0 Å². The molecule has 0 unspecified atom stereocenters. The molecular formula is C17H23IO2. The van der Waals surface area contributed by atoms with E-state index < -0.39 is 5.60 Å². The van der Waals surface area contributed by atoms with Gasteiger partial charge < -0.3 is 4.74 Å². The van der Waals surface area contributed by atoms with Gasteiger partial charge in [-0.25, -0.2) is 0 Å². The fourth-order valence-corrected chi connectivity index (χ4v) is 3.24. The molecule has 2 rings (SSSR count). The maximum absolute atomic E-state index is 12.7. The van der Waals surface area contributed by atoms with Crippen molar-refractivity contribution in [1.29, 1.82) is 0 Å². The maximum Gasteiger partial charge on any atom is 0.168 e. The fraction of sp³-hybridized carbons (Fsp3) is 0.588. The summed E-state index contributed by atoms with van der Waals surface area (Å²) in [5, 5.41) is 0. The van der Waals surface area contributed by atoms with E-state index in [1.807, 2.05) is 24.3 Å². The maximum atomic E-state index is 12.7. The van der Waals surface area contributed by atoms with Crippen LogP contribution in [0.25, 0.3) is 0 Å². The summed E-state index contributed by atoms with van der Waals surface area (Å²) < 4.78 is 6.87. The van der Waals surface area contributed by atoms with Crippen LogP contribution in [0.2, 0.25) is 0 Å². The smallest absolute Gasteiger partial charge is 0.168 e. The van der Waals surface area contributed by atoms with E-state index >= 15 is 0 Å². The van der Waals surface area contributed by atoms with E-state index in [2.05, 4.69) is 36.4 Å². The Morgan fingerprint density at radius 1 is 1.15 bits per heavy atom. The Balaban J connectivity index is 2.08. The topological polar surface area (TPSA) is 26.3 Å². The average molecular weight is 386 g/mol. The van der Waals surface area contributed by atoms with Gasteiger partial charge in [-0.05, 0) is 71.4 Å². The summed E-state index contributed by atoms with van der Waals surface area (Å²) >= 11 is 2.28. The van der Waals surface area contributed by atoms with Gasteiger partial charge in [-0.3, -0.25) is 4.79 Å².